The van der Waals surface area contributed by atoms with Gasteiger partial charge in [-0.15, -0.1) is 23.2 Å². The highest BCUT2D eigenvalue weighted by atomic mass is 35.5. The van der Waals surface area contributed by atoms with Crippen LogP contribution in [0.3, 0.4) is 0 Å². The second-order valence-corrected chi connectivity index (χ2v) is 6.65. The average molecular weight is 304 g/mol. The Morgan fingerprint density at radius 3 is 2.58 bits per heavy atom. The summed E-state index contributed by atoms with van der Waals surface area (Å²) in [5.41, 5.74) is 0.0357. The van der Waals surface area contributed by atoms with E-state index in [4.69, 9.17) is 23.2 Å². The third-order valence-electron chi connectivity index (χ3n) is 3.66. The number of alkyl halides is 2. The van der Waals surface area contributed by atoms with Crippen molar-refractivity contribution in [2.45, 2.75) is 31.1 Å². The SMILES string of the molecule is CCN(Cc1cccc(F)c1)C(=O)C1(C)CC1(Cl)Cl. The van der Waals surface area contributed by atoms with Crippen LogP contribution in [0.15, 0.2) is 24.3 Å². The smallest absolute Gasteiger partial charge is 0.231 e. The van der Waals surface area contributed by atoms with Crippen LogP contribution in [0, 0.1) is 11.2 Å². The molecule has 2 rings (SSSR count). The number of benzene rings is 1. The summed E-state index contributed by atoms with van der Waals surface area (Å²) in [5.74, 6) is -0.382. The Bertz CT molecular complexity index is 506. The molecule has 1 atom stereocenters. The molecule has 0 heterocycles. The van der Waals surface area contributed by atoms with Gasteiger partial charge in [-0.05, 0) is 38.0 Å². The van der Waals surface area contributed by atoms with Gasteiger partial charge in [-0.1, -0.05) is 12.1 Å². The predicted octanol–water partition coefficient (Wildman–Crippen LogP) is 3.76. The van der Waals surface area contributed by atoms with E-state index >= 15 is 0 Å². The summed E-state index contributed by atoms with van der Waals surface area (Å²) in [7, 11) is 0. The zero-order valence-corrected chi connectivity index (χ0v) is 12.4. The summed E-state index contributed by atoms with van der Waals surface area (Å²) in [5, 5.41) is 0. The average Bonchev–Trinajstić information content (AvgIpc) is 2.86. The van der Waals surface area contributed by atoms with Crippen molar-refractivity contribution in [1.82, 2.24) is 4.90 Å². The number of carbonyl (C=O) groups is 1. The summed E-state index contributed by atoms with van der Waals surface area (Å²) in [6, 6.07) is 6.24. The molecule has 5 heteroatoms. The van der Waals surface area contributed by atoms with Gasteiger partial charge in [0.25, 0.3) is 0 Å². The minimum atomic E-state index is -0.973. The van der Waals surface area contributed by atoms with Gasteiger partial charge in [0.1, 0.15) is 10.2 Å². The van der Waals surface area contributed by atoms with Crippen molar-refractivity contribution in [2.75, 3.05) is 6.54 Å². The van der Waals surface area contributed by atoms with Gasteiger partial charge in [0, 0.05) is 13.1 Å². The number of carbonyl (C=O) groups excluding carboxylic acids is 1. The van der Waals surface area contributed by atoms with E-state index in [9.17, 15) is 9.18 Å². The maximum Gasteiger partial charge on any atom is 0.231 e. The van der Waals surface area contributed by atoms with Crippen molar-refractivity contribution < 1.29 is 9.18 Å². The zero-order valence-electron chi connectivity index (χ0n) is 10.9. The number of halogens is 3. The number of rotatable bonds is 4. The molecule has 0 bridgehead atoms. The topological polar surface area (TPSA) is 20.3 Å². The molecule has 2 nitrogen and oxygen atoms in total. The molecule has 0 aliphatic heterocycles. The van der Waals surface area contributed by atoms with Crippen LogP contribution < -0.4 is 0 Å². The number of hydrogen-bond acceptors (Lipinski definition) is 1. The van der Waals surface area contributed by atoms with Crippen LogP contribution in [0.4, 0.5) is 4.39 Å². The molecule has 0 spiro atoms. The lowest BCUT2D eigenvalue weighted by atomic mass is 10.1. The Hall–Kier alpha value is -0.800. The van der Waals surface area contributed by atoms with Crippen molar-refractivity contribution in [2.24, 2.45) is 5.41 Å². The molecule has 0 saturated heterocycles. The van der Waals surface area contributed by atoms with Gasteiger partial charge < -0.3 is 4.90 Å². The van der Waals surface area contributed by atoms with Gasteiger partial charge in [0.2, 0.25) is 5.91 Å². The van der Waals surface area contributed by atoms with E-state index in [1.54, 1.807) is 24.0 Å². The Morgan fingerprint density at radius 2 is 2.11 bits per heavy atom. The van der Waals surface area contributed by atoms with Crippen molar-refractivity contribution >= 4 is 29.1 Å². The van der Waals surface area contributed by atoms with Crippen molar-refractivity contribution in [1.29, 1.82) is 0 Å². The third kappa shape index (κ3) is 2.72. The second-order valence-electron chi connectivity index (χ2n) is 5.16. The number of nitrogens with zero attached hydrogens (tertiary/aromatic N) is 1. The molecule has 104 valence electrons. The van der Waals surface area contributed by atoms with Crippen LogP contribution in [0.2, 0.25) is 0 Å². The highest BCUT2D eigenvalue weighted by molar-refractivity contribution is 6.53. The molecule has 1 aliphatic carbocycles. The highest BCUT2D eigenvalue weighted by Crippen LogP contribution is 2.64. The van der Waals surface area contributed by atoms with E-state index in [-0.39, 0.29) is 11.7 Å². The van der Waals surface area contributed by atoms with Crippen molar-refractivity contribution in [3.63, 3.8) is 0 Å². The molecule has 19 heavy (non-hydrogen) atoms. The molecular weight excluding hydrogens is 288 g/mol. The largest absolute Gasteiger partial charge is 0.338 e. The maximum atomic E-state index is 13.1. The van der Waals surface area contributed by atoms with Gasteiger partial charge in [-0.25, -0.2) is 4.39 Å². The zero-order chi connectivity index (χ0) is 14.3. The van der Waals surface area contributed by atoms with Crippen molar-refractivity contribution in [3.05, 3.63) is 35.6 Å². The minimum absolute atomic E-state index is 0.0794. The molecule has 1 aromatic rings. The second kappa shape index (κ2) is 4.95. The van der Waals surface area contributed by atoms with Gasteiger partial charge >= 0.3 is 0 Å². The molecule has 0 radical (unpaired) electrons. The normalized spacial score (nSPS) is 24.1. The van der Waals surface area contributed by atoms with Gasteiger partial charge in [-0.3, -0.25) is 4.79 Å². The van der Waals surface area contributed by atoms with Gasteiger partial charge in [0.15, 0.2) is 0 Å². The maximum absolute atomic E-state index is 13.1. The number of amides is 1. The lowest BCUT2D eigenvalue weighted by molar-refractivity contribution is -0.136. The molecule has 1 unspecified atom stereocenters. The molecular formula is C14H16Cl2FNO. The fourth-order valence-corrected chi connectivity index (χ4v) is 2.86. The van der Waals surface area contributed by atoms with Crippen LogP contribution in [-0.2, 0) is 11.3 Å². The van der Waals surface area contributed by atoms with Crippen LogP contribution in [0.1, 0.15) is 25.8 Å². The molecule has 1 saturated carbocycles. The Kier molecular flexibility index (Phi) is 3.80. The lowest BCUT2D eigenvalue weighted by Gasteiger charge is -2.25. The molecule has 0 aromatic heterocycles. The van der Waals surface area contributed by atoms with Gasteiger partial charge in [0.05, 0.1) is 5.41 Å². The Labute approximate surface area is 122 Å². The summed E-state index contributed by atoms with van der Waals surface area (Å²) in [6.45, 7) is 4.55. The molecule has 1 aliphatic rings. The van der Waals surface area contributed by atoms with Crippen LogP contribution in [0.25, 0.3) is 0 Å². The minimum Gasteiger partial charge on any atom is -0.338 e. The van der Waals surface area contributed by atoms with E-state index in [0.29, 0.717) is 19.5 Å². The van der Waals surface area contributed by atoms with E-state index in [1.165, 1.54) is 12.1 Å². The van der Waals surface area contributed by atoms with E-state index in [0.717, 1.165) is 5.56 Å². The summed E-state index contributed by atoms with van der Waals surface area (Å²) >= 11 is 12.1. The van der Waals surface area contributed by atoms with Crippen LogP contribution in [-0.4, -0.2) is 21.7 Å². The quantitative estimate of drug-likeness (QED) is 0.776. The van der Waals surface area contributed by atoms with Crippen molar-refractivity contribution in [3.8, 4) is 0 Å². The standard InChI is InChI=1S/C14H16Cl2FNO/c1-3-18(8-10-5-4-6-11(17)7-10)12(19)13(2)9-14(13,15)16/h4-7H,3,8-9H2,1-2H3. The molecule has 1 aromatic carbocycles. The first-order chi connectivity index (χ1) is 8.80. The first kappa shape index (κ1) is 14.6. The number of hydrogen-bond donors (Lipinski definition) is 0. The third-order valence-corrected chi connectivity index (χ3v) is 4.76. The lowest BCUT2D eigenvalue weighted by Crippen LogP contribution is -2.37. The summed E-state index contributed by atoms with van der Waals surface area (Å²) < 4.78 is 12.2. The van der Waals surface area contributed by atoms with Crippen LogP contribution >= 0.6 is 23.2 Å². The molecule has 0 N–H and O–H groups in total. The van der Waals surface area contributed by atoms with Gasteiger partial charge in [-0.2, -0.15) is 0 Å². The fourth-order valence-electron chi connectivity index (χ4n) is 2.16. The van der Waals surface area contributed by atoms with E-state index in [2.05, 4.69) is 0 Å². The Morgan fingerprint density at radius 1 is 1.47 bits per heavy atom. The van der Waals surface area contributed by atoms with E-state index < -0.39 is 9.75 Å². The summed E-state index contributed by atoms with van der Waals surface area (Å²) in [4.78, 5) is 14.1. The fraction of sp³-hybridized carbons (Fsp3) is 0.500. The first-order valence-corrected chi connectivity index (χ1v) is 6.97. The predicted molar refractivity (Wildman–Crippen MR) is 74.7 cm³/mol. The summed E-state index contributed by atoms with van der Waals surface area (Å²) in [6.07, 6.45) is 0.460. The first-order valence-electron chi connectivity index (χ1n) is 6.22. The monoisotopic (exact) mass is 303 g/mol. The molecule has 1 amide bonds. The van der Waals surface area contributed by atoms with E-state index in [1.807, 2.05) is 6.92 Å². The van der Waals surface area contributed by atoms with Crippen LogP contribution in [0.5, 0.6) is 0 Å². The highest BCUT2D eigenvalue weighted by Gasteiger charge is 2.68. The molecule has 1 fully saturated rings. The Balaban J connectivity index is 2.11.